The van der Waals surface area contributed by atoms with E-state index in [1.807, 2.05) is 13.0 Å². The fourth-order valence-electron chi connectivity index (χ4n) is 1.94. The maximum absolute atomic E-state index is 10.2. The van der Waals surface area contributed by atoms with E-state index in [1.54, 1.807) is 24.5 Å². The lowest BCUT2D eigenvalue weighted by Gasteiger charge is -2.12. The number of hydrogen-bond donors (Lipinski definition) is 1. The van der Waals surface area contributed by atoms with Crippen LogP contribution in [0.15, 0.2) is 34.9 Å². The molecule has 1 unspecified atom stereocenters. The monoisotopic (exact) mass is 284 g/mol. The van der Waals surface area contributed by atoms with E-state index in [9.17, 15) is 5.11 Å². The summed E-state index contributed by atoms with van der Waals surface area (Å²) in [5, 5.41) is 11.4. The van der Waals surface area contributed by atoms with E-state index >= 15 is 0 Å². The van der Waals surface area contributed by atoms with E-state index in [0.717, 1.165) is 23.3 Å². The van der Waals surface area contributed by atoms with Crippen molar-refractivity contribution in [3.8, 4) is 0 Å². The van der Waals surface area contributed by atoms with Crippen molar-refractivity contribution >= 4 is 23.2 Å². The summed E-state index contributed by atoms with van der Waals surface area (Å²) >= 11 is 11.9. The third-order valence-electron chi connectivity index (χ3n) is 2.89. The van der Waals surface area contributed by atoms with Gasteiger partial charge in [0.1, 0.15) is 5.76 Å². The van der Waals surface area contributed by atoms with E-state index in [0.29, 0.717) is 16.5 Å². The van der Waals surface area contributed by atoms with Gasteiger partial charge in [0, 0.05) is 28.5 Å². The van der Waals surface area contributed by atoms with Crippen LogP contribution in [0.3, 0.4) is 0 Å². The van der Waals surface area contributed by atoms with Gasteiger partial charge in [-0.15, -0.1) is 0 Å². The Kier molecular flexibility index (Phi) is 4.33. The summed E-state index contributed by atoms with van der Waals surface area (Å²) < 4.78 is 5.31. The molecule has 2 nitrogen and oxygen atoms in total. The van der Waals surface area contributed by atoms with Crippen molar-refractivity contribution in [3.63, 3.8) is 0 Å². The van der Waals surface area contributed by atoms with Gasteiger partial charge >= 0.3 is 0 Å². The minimum Gasteiger partial charge on any atom is -0.469 e. The average Bonchev–Trinajstić information content (AvgIpc) is 2.81. The molecule has 0 aliphatic heterocycles. The van der Waals surface area contributed by atoms with Crippen LogP contribution in [0.4, 0.5) is 0 Å². The predicted octanol–water partition coefficient (Wildman–Crippen LogP) is 4.42. The van der Waals surface area contributed by atoms with E-state index < -0.39 is 6.10 Å². The van der Waals surface area contributed by atoms with Crippen LogP contribution in [-0.2, 0) is 12.8 Å². The van der Waals surface area contributed by atoms with Gasteiger partial charge in [0.2, 0.25) is 0 Å². The summed E-state index contributed by atoms with van der Waals surface area (Å²) in [7, 11) is 0. The quantitative estimate of drug-likeness (QED) is 0.901. The van der Waals surface area contributed by atoms with Crippen molar-refractivity contribution in [1.82, 2.24) is 0 Å². The zero-order valence-electron chi connectivity index (χ0n) is 9.99. The van der Waals surface area contributed by atoms with Crippen molar-refractivity contribution in [1.29, 1.82) is 0 Å². The molecule has 96 valence electrons. The Bertz CT molecular complexity index is 534. The second-order valence-electron chi connectivity index (χ2n) is 4.11. The van der Waals surface area contributed by atoms with E-state index in [-0.39, 0.29) is 0 Å². The zero-order valence-corrected chi connectivity index (χ0v) is 11.5. The Morgan fingerprint density at radius 1 is 1.28 bits per heavy atom. The van der Waals surface area contributed by atoms with Crippen LogP contribution in [0.1, 0.15) is 29.9 Å². The molecule has 0 saturated heterocycles. The highest BCUT2D eigenvalue weighted by atomic mass is 35.5. The molecule has 0 radical (unpaired) electrons. The average molecular weight is 285 g/mol. The maximum Gasteiger partial charge on any atom is 0.109 e. The van der Waals surface area contributed by atoms with Gasteiger partial charge in [0.05, 0.1) is 12.4 Å². The van der Waals surface area contributed by atoms with E-state index in [2.05, 4.69) is 0 Å². The number of furan rings is 1. The number of benzene rings is 1. The molecule has 0 aliphatic carbocycles. The highest BCUT2D eigenvalue weighted by molar-refractivity contribution is 6.35. The van der Waals surface area contributed by atoms with Crippen molar-refractivity contribution in [2.75, 3.05) is 0 Å². The van der Waals surface area contributed by atoms with Crippen LogP contribution in [0.25, 0.3) is 0 Å². The van der Waals surface area contributed by atoms with Gasteiger partial charge in [-0.25, -0.2) is 0 Å². The zero-order chi connectivity index (χ0) is 13.1. The Balaban J connectivity index is 2.18. The molecule has 4 heteroatoms. The molecule has 0 amide bonds. The minimum absolute atomic E-state index is 0.447. The highest BCUT2D eigenvalue weighted by Crippen LogP contribution is 2.28. The summed E-state index contributed by atoms with van der Waals surface area (Å²) in [6.07, 6.45) is 2.19. The van der Waals surface area contributed by atoms with Crippen LogP contribution in [0, 0.1) is 0 Å². The number of rotatable bonds is 4. The number of aliphatic hydroxyl groups excluding tert-OH is 1. The van der Waals surface area contributed by atoms with Crippen LogP contribution < -0.4 is 0 Å². The Labute approximate surface area is 116 Å². The third-order valence-corrected chi connectivity index (χ3v) is 3.48. The van der Waals surface area contributed by atoms with Gasteiger partial charge in [-0.2, -0.15) is 0 Å². The topological polar surface area (TPSA) is 33.4 Å². The molecular formula is C14H14Cl2O2. The fraction of sp³-hybridized carbons (Fsp3) is 0.286. The molecule has 0 spiro atoms. The standard InChI is InChI=1S/C14H14Cl2O2/c1-2-14-11(5-6-18-14)13(17)7-9-3-4-10(15)8-12(9)16/h3-6,8,13,17H,2,7H2,1H3. The van der Waals surface area contributed by atoms with Gasteiger partial charge in [0.15, 0.2) is 0 Å². The van der Waals surface area contributed by atoms with E-state index in [4.69, 9.17) is 27.6 Å². The van der Waals surface area contributed by atoms with Crippen molar-refractivity contribution in [2.45, 2.75) is 25.9 Å². The summed E-state index contributed by atoms with van der Waals surface area (Å²) in [5.74, 6) is 0.813. The first-order chi connectivity index (χ1) is 8.61. The first-order valence-electron chi connectivity index (χ1n) is 5.80. The highest BCUT2D eigenvalue weighted by Gasteiger charge is 2.16. The Morgan fingerprint density at radius 3 is 2.72 bits per heavy atom. The second-order valence-corrected chi connectivity index (χ2v) is 4.95. The Morgan fingerprint density at radius 2 is 2.06 bits per heavy atom. The normalized spacial score (nSPS) is 12.7. The molecule has 1 aromatic heterocycles. The molecular weight excluding hydrogens is 271 g/mol. The van der Waals surface area contributed by atoms with Crippen LogP contribution in [0.5, 0.6) is 0 Å². The molecule has 1 N–H and O–H groups in total. The van der Waals surface area contributed by atoms with Crippen LogP contribution >= 0.6 is 23.2 Å². The SMILES string of the molecule is CCc1occc1C(O)Cc1ccc(Cl)cc1Cl. The molecule has 2 rings (SSSR count). The number of aryl methyl sites for hydroxylation is 1. The molecule has 0 bridgehead atoms. The molecule has 0 saturated carbocycles. The molecule has 1 aromatic carbocycles. The predicted molar refractivity (Wildman–Crippen MR) is 73.2 cm³/mol. The number of aliphatic hydroxyl groups is 1. The first kappa shape index (κ1) is 13.5. The molecule has 1 heterocycles. The van der Waals surface area contributed by atoms with Gasteiger partial charge in [-0.1, -0.05) is 36.2 Å². The van der Waals surface area contributed by atoms with Gasteiger partial charge in [-0.3, -0.25) is 0 Å². The van der Waals surface area contributed by atoms with Gasteiger partial charge in [-0.05, 0) is 23.8 Å². The van der Waals surface area contributed by atoms with Crippen molar-refractivity contribution in [3.05, 3.63) is 57.5 Å². The Hall–Kier alpha value is -0.960. The number of hydrogen-bond acceptors (Lipinski definition) is 2. The summed E-state index contributed by atoms with van der Waals surface area (Å²) in [6, 6.07) is 7.08. The molecule has 0 aliphatic rings. The number of halogens is 2. The maximum atomic E-state index is 10.2. The molecule has 18 heavy (non-hydrogen) atoms. The third kappa shape index (κ3) is 2.89. The van der Waals surface area contributed by atoms with Crippen LogP contribution in [0.2, 0.25) is 10.0 Å². The summed E-state index contributed by atoms with van der Waals surface area (Å²) in [6.45, 7) is 1.99. The summed E-state index contributed by atoms with van der Waals surface area (Å²) in [4.78, 5) is 0. The molecule has 1 atom stereocenters. The van der Waals surface area contributed by atoms with Gasteiger partial charge in [0.25, 0.3) is 0 Å². The lowest BCUT2D eigenvalue weighted by molar-refractivity contribution is 0.176. The second kappa shape index (κ2) is 5.79. The molecule has 2 aromatic rings. The van der Waals surface area contributed by atoms with Crippen molar-refractivity contribution in [2.24, 2.45) is 0 Å². The first-order valence-corrected chi connectivity index (χ1v) is 6.55. The van der Waals surface area contributed by atoms with Gasteiger partial charge < -0.3 is 9.52 Å². The molecule has 0 fully saturated rings. The fourth-order valence-corrected chi connectivity index (χ4v) is 2.43. The minimum atomic E-state index is -0.614. The lowest BCUT2D eigenvalue weighted by Crippen LogP contribution is -2.03. The summed E-state index contributed by atoms with van der Waals surface area (Å²) in [5.41, 5.74) is 1.69. The van der Waals surface area contributed by atoms with Crippen LogP contribution in [-0.4, -0.2) is 5.11 Å². The smallest absolute Gasteiger partial charge is 0.109 e. The lowest BCUT2D eigenvalue weighted by atomic mass is 10.0. The van der Waals surface area contributed by atoms with E-state index in [1.165, 1.54) is 0 Å². The van der Waals surface area contributed by atoms with Crippen molar-refractivity contribution < 1.29 is 9.52 Å². The largest absolute Gasteiger partial charge is 0.469 e.